The number of nitrogens with zero attached hydrogens (tertiary/aromatic N) is 1. The minimum atomic E-state index is 1.05. The molecule has 0 amide bonds. The molecule has 0 atom stereocenters. The van der Waals surface area contributed by atoms with E-state index in [1.165, 1.54) is 7.11 Å². The Balaban J connectivity index is 2.67. The number of hydrogen-bond donors (Lipinski definition) is 0. The Hall–Kier alpha value is -1.31. The molecule has 0 aliphatic rings. The highest BCUT2D eigenvalue weighted by atomic mass is 16.6. The van der Waals surface area contributed by atoms with E-state index in [-0.39, 0.29) is 0 Å². The molecule has 2 heteroatoms. The molecule has 0 spiro atoms. The molecular weight excluding hydrogens is 126 g/mol. The van der Waals surface area contributed by atoms with E-state index in [1.54, 1.807) is 6.21 Å². The van der Waals surface area contributed by atoms with Gasteiger partial charge < -0.3 is 4.84 Å². The summed E-state index contributed by atoms with van der Waals surface area (Å²) in [4.78, 5) is 4.52. The molecular formula is C8H9NO. The maximum Gasteiger partial charge on any atom is 0.106 e. The molecule has 0 aromatic heterocycles. The van der Waals surface area contributed by atoms with Crippen LogP contribution in [-0.2, 0) is 4.84 Å². The molecule has 2 nitrogen and oxygen atoms in total. The lowest BCUT2D eigenvalue weighted by molar-refractivity contribution is 0.215. The Labute approximate surface area is 60.1 Å². The van der Waals surface area contributed by atoms with Crippen molar-refractivity contribution >= 4 is 6.21 Å². The molecule has 0 saturated heterocycles. The van der Waals surface area contributed by atoms with Gasteiger partial charge in [0.05, 0.1) is 6.21 Å². The van der Waals surface area contributed by atoms with Gasteiger partial charge in [-0.3, -0.25) is 0 Å². The molecule has 10 heavy (non-hydrogen) atoms. The molecule has 1 rings (SSSR count). The predicted octanol–water partition coefficient (Wildman–Crippen LogP) is 1.67. The van der Waals surface area contributed by atoms with Crippen molar-refractivity contribution in [1.82, 2.24) is 0 Å². The molecule has 0 heterocycles. The Morgan fingerprint density at radius 1 is 1.30 bits per heavy atom. The summed E-state index contributed by atoms with van der Waals surface area (Å²) in [5, 5.41) is 3.62. The van der Waals surface area contributed by atoms with E-state index in [0.29, 0.717) is 0 Å². The van der Waals surface area contributed by atoms with Crippen LogP contribution in [0.25, 0.3) is 0 Å². The van der Waals surface area contributed by atoms with Gasteiger partial charge in [-0.1, -0.05) is 35.5 Å². The van der Waals surface area contributed by atoms with Gasteiger partial charge in [0, 0.05) is 0 Å². The maximum atomic E-state index is 4.52. The zero-order valence-corrected chi connectivity index (χ0v) is 5.82. The van der Waals surface area contributed by atoms with Crippen molar-refractivity contribution in [2.75, 3.05) is 7.11 Å². The van der Waals surface area contributed by atoms with Gasteiger partial charge in [0.2, 0.25) is 0 Å². The molecule has 0 N–H and O–H groups in total. The lowest BCUT2D eigenvalue weighted by Crippen LogP contribution is -1.78. The molecule has 52 valence electrons. The van der Waals surface area contributed by atoms with Gasteiger partial charge in [0.1, 0.15) is 7.11 Å². The Kier molecular flexibility index (Phi) is 2.49. The highest BCUT2D eigenvalue weighted by Gasteiger charge is 1.80. The molecule has 0 saturated carbocycles. The SMILES string of the molecule is CO/N=C\c1ccccc1. The van der Waals surface area contributed by atoms with Crippen LogP contribution < -0.4 is 0 Å². The van der Waals surface area contributed by atoms with E-state index in [2.05, 4.69) is 9.99 Å². The first kappa shape index (κ1) is 6.81. The summed E-state index contributed by atoms with van der Waals surface area (Å²) in [5.74, 6) is 0. The first-order chi connectivity index (χ1) is 4.93. The number of rotatable bonds is 2. The van der Waals surface area contributed by atoms with Crippen molar-refractivity contribution in [3.8, 4) is 0 Å². The zero-order valence-electron chi connectivity index (χ0n) is 5.82. The topological polar surface area (TPSA) is 21.6 Å². The van der Waals surface area contributed by atoms with Gasteiger partial charge in [-0.15, -0.1) is 0 Å². The van der Waals surface area contributed by atoms with Crippen LogP contribution in [0.5, 0.6) is 0 Å². The van der Waals surface area contributed by atoms with E-state index in [1.807, 2.05) is 30.3 Å². The zero-order chi connectivity index (χ0) is 7.23. The van der Waals surface area contributed by atoms with Gasteiger partial charge in [-0.2, -0.15) is 0 Å². The second-order valence-corrected chi connectivity index (χ2v) is 1.83. The molecule has 0 aliphatic heterocycles. The molecule has 0 unspecified atom stereocenters. The summed E-state index contributed by atoms with van der Waals surface area (Å²) < 4.78 is 0. The third kappa shape index (κ3) is 1.90. The van der Waals surface area contributed by atoms with Crippen LogP contribution in [0.15, 0.2) is 35.5 Å². The molecule has 1 aromatic rings. The smallest absolute Gasteiger partial charge is 0.106 e. The Morgan fingerprint density at radius 3 is 2.60 bits per heavy atom. The Bertz CT molecular complexity index is 206. The van der Waals surface area contributed by atoms with Gasteiger partial charge in [0.25, 0.3) is 0 Å². The van der Waals surface area contributed by atoms with Gasteiger partial charge in [0.15, 0.2) is 0 Å². The average Bonchev–Trinajstić information content (AvgIpc) is 2.03. The molecule has 0 radical (unpaired) electrons. The predicted molar refractivity (Wildman–Crippen MR) is 41.0 cm³/mol. The van der Waals surface area contributed by atoms with E-state index in [9.17, 15) is 0 Å². The van der Waals surface area contributed by atoms with Crippen molar-refractivity contribution in [3.63, 3.8) is 0 Å². The fourth-order valence-corrected chi connectivity index (χ4v) is 0.653. The maximum absolute atomic E-state index is 4.52. The van der Waals surface area contributed by atoms with E-state index in [0.717, 1.165) is 5.56 Å². The van der Waals surface area contributed by atoms with Crippen LogP contribution in [0.1, 0.15) is 5.56 Å². The average molecular weight is 135 g/mol. The van der Waals surface area contributed by atoms with E-state index < -0.39 is 0 Å². The summed E-state index contributed by atoms with van der Waals surface area (Å²) in [6.45, 7) is 0. The molecule has 0 aliphatic carbocycles. The second kappa shape index (κ2) is 3.67. The van der Waals surface area contributed by atoms with Crippen molar-refractivity contribution in [1.29, 1.82) is 0 Å². The fraction of sp³-hybridized carbons (Fsp3) is 0.125. The van der Waals surface area contributed by atoms with Crippen molar-refractivity contribution in [2.45, 2.75) is 0 Å². The molecule has 0 fully saturated rings. The number of hydrogen-bond acceptors (Lipinski definition) is 2. The number of benzene rings is 1. The summed E-state index contributed by atoms with van der Waals surface area (Å²) in [6.07, 6.45) is 1.67. The lowest BCUT2D eigenvalue weighted by Gasteiger charge is -1.88. The van der Waals surface area contributed by atoms with E-state index >= 15 is 0 Å². The first-order valence-electron chi connectivity index (χ1n) is 3.05. The van der Waals surface area contributed by atoms with Crippen LogP contribution >= 0.6 is 0 Å². The van der Waals surface area contributed by atoms with Crippen LogP contribution in [0.4, 0.5) is 0 Å². The summed E-state index contributed by atoms with van der Waals surface area (Å²) in [6, 6.07) is 9.79. The first-order valence-corrected chi connectivity index (χ1v) is 3.05. The second-order valence-electron chi connectivity index (χ2n) is 1.83. The van der Waals surface area contributed by atoms with Crippen LogP contribution in [0.3, 0.4) is 0 Å². The van der Waals surface area contributed by atoms with Crippen LogP contribution in [-0.4, -0.2) is 13.3 Å². The van der Waals surface area contributed by atoms with Gasteiger partial charge >= 0.3 is 0 Å². The lowest BCUT2D eigenvalue weighted by atomic mass is 10.2. The highest BCUT2D eigenvalue weighted by molar-refractivity contribution is 5.78. The van der Waals surface area contributed by atoms with Crippen LogP contribution in [0, 0.1) is 0 Å². The molecule has 1 aromatic carbocycles. The minimum absolute atomic E-state index is 1.05. The minimum Gasteiger partial charge on any atom is -0.399 e. The van der Waals surface area contributed by atoms with Crippen molar-refractivity contribution in [2.24, 2.45) is 5.16 Å². The van der Waals surface area contributed by atoms with Crippen molar-refractivity contribution in [3.05, 3.63) is 35.9 Å². The quantitative estimate of drug-likeness (QED) is 0.446. The third-order valence-electron chi connectivity index (χ3n) is 1.11. The van der Waals surface area contributed by atoms with E-state index in [4.69, 9.17) is 0 Å². The van der Waals surface area contributed by atoms with Gasteiger partial charge in [-0.05, 0) is 5.56 Å². The standard InChI is InChI=1S/C8H9NO/c1-10-9-7-8-5-3-2-4-6-8/h2-7H,1H3/b9-7-. The monoisotopic (exact) mass is 135 g/mol. The summed E-state index contributed by atoms with van der Waals surface area (Å²) >= 11 is 0. The highest BCUT2D eigenvalue weighted by Crippen LogP contribution is 1.93. The normalized spacial score (nSPS) is 10.1. The Morgan fingerprint density at radius 2 is 2.00 bits per heavy atom. The number of oxime groups is 1. The fourth-order valence-electron chi connectivity index (χ4n) is 0.653. The third-order valence-corrected chi connectivity index (χ3v) is 1.11. The molecule has 0 bridgehead atoms. The van der Waals surface area contributed by atoms with Crippen LogP contribution in [0.2, 0.25) is 0 Å². The van der Waals surface area contributed by atoms with Gasteiger partial charge in [-0.25, -0.2) is 0 Å². The summed E-state index contributed by atoms with van der Waals surface area (Å²) in [5.41, 5.74) is 1.05. The largest absolute Gasteiger partial charge is 0.399 e. The summed E-state index contributed by atoms with van der Waals surface area (Å²) in [7, 11) is 1.53. The van der Waals surface area contributed by atoms with Crippen molar-refractivity contribution < 1.29 is 4.84 Å².